The third-order valence-corrected chi connectivity index (χ3v) is 8.23. The van der Waals surface area contributed by atoms with Crippen molar-refractivity contribution in [3.8, 4) is 0 Å². The van der Waals surface area contributed by atoms with Crippen molar-refractivity contribution in [1.29, 1.82) is 0 Å². The number of amides is 1. The Hall–Kier alpha value is -0.920. The van der Waals surface area contributed by atoms with Gasteiger partial charge in [-0.2, -0.15) is 4.31 Å². The molecule has 0 aliphatic carbocycles. The summed E-state index contributed by atoms with van der Waals surface area (Å²) in [5.74, 6) is 0.220. The van der Waals surface area contributed by atoms with E-state index in [4.69, 9.17) is 0 Å². The molecule has 0 bridgehead atoms. The number of rotatable bonds is 3. The zero-order valence-electron chi connectivity index (χ0n) is 12.8. The van der Waals surface area contributed by atoms with Gasteiger partial charge in [-0.25, -0.2) is 8.42 Å². The van der Waals surface area contributed by atoms with Crippen LogP contribution in [0.2, 0.25) is 0 Å². The van der Waals surface area contributed by atoms with Gasteiger partial charge in [0.05, 0.1) is 0 Å². The van der Waals surface area contributed by atoms with Gasteiger partial charge in [-0.05, 0) is 44.1 Å². The van der Waals surface area contributed by atoms with E-state index in [1.165, 1.54) is 11.3 Å². The molecule has 3 heterocycles. The molecule has 1 aromatic heterocycles. The Kier molecular flexibility index (Phi) is 4.31. The lowest BCUT2D eigenvalue weighted by Gasteiger charge is -2.37. The van der Waals surface area contributed by atoms with Crippen LogP contribution < -0.4 is 0 Å². The molecule has 122 valence electrons. The van der Waals surface area contributed by atoms with Crippen LogP contribution >= 0.6 is 11.3 Å². The highest BCUT2D eigenvalue weighted by Gasteiger charge is 2.45. The van der Waals surface area contributed by atoms with Gasteiger partial charge in [-0.3, -0.25) is 4.79 Å². The van der Waals surface area contributed by atoms with Crippen molar-refractivity contribution in [1.82, 2.24) is 9.21 Å². The number of hydrogen-bond donors (Lipinski definition) is 0. The molecular formula is C15H22N2O3S2. The average molecular weight is 342 g/mol. The largest absolute Gasteiger partial charge is 0.337 e. The zero-order valence-corrected chi connectivity index (χ0v) is 14.5. The second-order valence-electron chi connectivity index (χ2n) is 6.05. The lowest BCUT2D eigenvalue weighted by Crippen LogP contribution is -2.46. The Morgan fingerprint density at radius 2 is 2.09 bits per heavy atom. The van der Waals surface area contributed by atoms with Crippen LogP contribution in [-0.2, 0) is 14.8 Å². The fourth-order valence-electron chi connectivity index (χ4n) is 3.84. The molecule has 22 heavy (non-hydrogen) atoms. The minimum atomic E-state index is -3.38. The third kappa shape index (κ3) is 2.59. The molecule has 7 heteroatoms. The predicted octanol–water partition coefficient (Wildman–Crippen LogP) is 2.30. The number of likely N-dealkylation sites (tertiary alicyclic amines) is 1. The van der Waals surface area contributed by atoms with E-state index in [9.17, 15) is 13.2 Å². The van der Waals surface area contributed by atoms with Crippen molar-refractivity contribution >= 4 is 27.3 Å². The molecule has 1 spiro atoms. The highest BCUT2D eigenvalue weighted by Crippen LogP contribution is 2.39. The monoisotopic (exact) mass is 342 g/mol. The molecule has 1 aromatic rings. The molecule has 2 fully saturated rings. The van der Waals surface area contributed by atoms with Crippen molar-refractivity contribution in [3.63, 3.8) is 0 Å². The summed E-state index contributed by atoms with van der Waals surface area (Å²) in [5, 5.41) is 1.79. The molecule has 3 rings (SSSR count). The number of sulfonamides is 1. The van der Waals surface area contributed by atoms with Crippen LogP contribution in [0.1, 0.15) is 39.0 Å². The molecular weight excluding hydrogens is 320 g/mol. The molecule has 0 saturated carbocycles. The SMILES string of the molecule is CCN1C(=O)CC[C@@]12CCCN(S(=O)(=O)c1cccs1)CC2. The van der Waals surface area contributed by atoms with E-state index in [0.717, 1.165) is 32.2 Å². The maximum Gasteiger partial charge on any atom is 0.252 e. The summed E-state index contributed by atoms with van der Waals surface area (Å²) >= 11 is 1.27. The molecule has 0 unspecified atom stereocenters. The maximum atomic E-state index is 12.7. The van der Waals surface area contributed by atoms with Crippen molar-refractivity contribution in [2.24, 2.45) is 0 Å². The summed E-state index contributed by atoms with van der Waals surface area (Å²) in [7, 11) is -3.38. The summed E-state index contributed by atoms with van der Waals surface area (Å²) in [5.41, 5.74) is -0.119. The van der Waals surface area contributed by atoms with Crippen molar-refractivity contribution < 1.29 is 13.2 Å². The Bertz CT molecular complexity index is 642. The molecule has 1 amide bonds. The molecule has 2 aliphatic heterocycles. The number of thiophene rings is 1. The van der Waals surface area contributed by atoms with Gasteiger partial charge in [0.15, 0.2) is 0 Å². The van der Waals surface area contributed by atoms with E-state index in [-0.39, 0.29) is 11.4 Å². The Morgan fingerprint density at radius 3 is 2.77 bits per heavy atom. The summed E-state index contributed by atoms with van der Waals surface area (Å²) in [6.45, 7) is 3.78. The second-order valence-corrected chi connectivity index (χ2v) is 9.16. The van der Waals surface area contributed by atoms with Crippen LogP contribution in [0, 0.1) is 0 Å². The smallest absolute Gasteiger partial charge is 0.252 e. The predicted molar refractivity (Wildman–Crippen MR) is 86.3 cm³/mol. The number of hydrogen-bond acceptors (Lipinski definition) is 4. The van der Waals surface area contributed by atoms with Gasteiger partial charge >= 0.3 is 0 Å². The average Bonchev–Trinajstić information content (AvgIpc) is 3.06. The molecule has 0 radical (unpaired) electrons. The Morgan fingerprint density at radius 1 is 1.27 bits per heavy atom. The first-order valence-corrected chi connectivity index (χ1v) is 10.2. The lowest BCUT2D eigenvalue weighted by atomic mass is 9.88. The zero-order chi connectivity index (χ0) is 15.8. The van der Waals surface area contributed by atoms with Crippen LogP contribution in [0.5, 0.6) is 0 Å². The fourth-order valence-corrected chi connectivity index (χ4v) is 6.46. The fraction of sp³-hybridized carbons (Fsp3) is 0.667. The molecule has 5 nitrogen and oxygen atoms in total. The molecule has 0 aromatic carbocycles. The van der Waals surface area contributed by atoms with E-state index in [1.54, 1.807) is 21.8 Å². The van der Waals surface area contributed by atoms with Gasteiger partial charge in [0, 0.05) is 31.6 Å². The van der Waals surface area contributed by atoms with Gasteiger partial charge in [0.2, 0.25) is 5.91 Å². The van der Waals surface area contributed by atoms with E-state index >= 15 is 0 Å². The molecule has 0 N–H and O–H groups in total. The standard InChI is InChI=1S/C15H22N2O3S2/c1-2-17-13(18)6-8-15(17)7-4-10-16(11-9-15)22(19,20)14-5-3-12-21-14/h3,5,12H,2,4,6-11H2,1H3/t15-/m1/s1. The van der Waals surface area contributed by atoms with Crippen LogP contribution in [0.3, 0.4) is 0 Å². The van der Waals surface area contributed by atoms with Gasteiger partial charge < -0.3 is 4.90 Å². The normalized spacial score (nSPS) is 27.5. The Balaban J connectivity index is 1.80. The van der Waals surface area contributed by atoms with Crippen LogP contribution in [0.4, 0.5) is 0 Å². The first-order valence-electron chi connectivity index (χ1n) is 7.84. The topological polar surface area (TPSA) is 57.7 Å². The lowest BCUT2D eigenvalue weighted by molar-refractivity contribution is -0.131. The summed E-state index contributed by atoms with van der Waals surface area (Å²) in [4.78, 5) is 14.0. The number of carbonyl (C=O) groups is 1. The molecule has 1 atom stereocenters. The first kappa shape index (κ1) is 16.0. The van der Waals surface area contributed by atoms with Crippen LogP contribution in [0.25, 0.3) is 0 Å². The number of nitrogens with zero attached hydrogens (tertiary/aromatic N) is 2. The molecule has 2 aliphatic rings. The summed E-state index contributed by atoms with van der Waals surface area (Å²) in [6, 6.07) is 3.43. The van der Waals surface area contributed by atoms with Gasteiger partial charge in [-0.15, -0.1) is 11.3 Å². The van der Waals surface area contributed by atoms with E-state index in [1.807, 2.05) is 11.8 Å². The third-order valence-electron chi connectivity index (χ3n) is 4.96. The quantitative estimate of drug-likeness (QED) is 0.847. The van der Waals surface area contributed by atoms with E-state index < -0.39 is 10.0 Å². The molecule has 2 saturated heterocycles. The maximum absolute atomic E-state index is 12.7. The second kappa shape index (κ2) is 5.94. The van der Waals surface area contributed by atoms with Gasteiger partial charge in [-0.1, -0.05) is 6.07 Å². The highest BCUT2D eigenvalue weighted by atomic mass is 32.2. The number of carbonyl (C=O) groups excluding carboxylic acids is 1. The van der Waals surface area contributed by atoms with Gasteiger partial charge in [0.25, 0.3) is 10.0 Å². The minimum Gasteiger partial charge on any atom is -0.337 e. The Labute approximate surface area is 136 Å². The van der Waals surface area contributed by atoms with Crippen molar-refractivity contribution in [3.05, 3.63) is 17.5 Å². The minimum absolute atomic E-state index is 0.119. The highest BCUT2D eigenvalue weighted by molar-refractivity contribution is 7.91. The van der Waals surface area contributed by atoms with Crippen LogP contribution in [0.15, 0.2) is 21.7 Å². The van der Waals surface area contributed by atoms with Gasteiger partial charge in [0.1, 0.15) is 4.21 Å². The van der Waals surface area contributed by atoms with E-state index in [2.05, 4.69) is 0 Å². The van der Waals surface area contributed by atoms with Crippen LogP contribution in [-0.4, -0.2) is 48.7 Å². The summed E-state index contributed by atoms with van der Waals surface area (Å²) in [6.07, 6.45) is 3.94. The van der Waals surface area contributed by atoms with Crippen molar-refractivity contribution in [2.45, 2.75) is 48.8 Å². The van der Waals surface area contributed by atoms with E-state index in [0.29, 0.717) is 23.7 Å². The van der Waals surface area contributed by atoms with Crippen molar-refractivity contribution in [2.75, 3.05) is 19.6 Å². The summed E-state index contributed by atoms with van der Waals surface area (Å²) < 4.78 is 27.4. The first-order chi connectivity index (χ1) is 10.5.